The summed E-state index contributed by atoms with van der Waals surface area (Å²) in [5.41, 5.74) is 4.33. The molecule has 216 valence electrons. The smallest absolute Gasteiger partial charge is 0.225 e. The second-order valence-electron chi connectivity index (χ2n) is 11.7. The molecule has 1 fully saturated rings. The number of nitrogens with zero attached hydrogens (tertiary/aromatic N) is 2. The fraction of sp³-hybridized carbons (Fsp3) is 0.545. The Balaban J connectivity index is 1.52. The third kappa shape index (κ3) is 6.35. The van der Waals surface area contributed by atoms with Gasteiger partial charge in [-0.3, -0.25) is 4.79 Å². The average molecular weight is 567 g/mol. The number of aryl methyl sites for hydroxylation is 1. The van der Waals surface area contributed by atoms with Crippen LogP contribution in [0, 0.1) is 11.8 Å². The number of carbonyl (C=O) groups is 1. The Morgan fingerprint density at radius 1 is 1.12 bits per heavy atom. The highest BCUT2D eigenvalue weighted by atomic mass is 35.5. The molecule has 5 rings (SSSR count). The number of hydrogen-bond acceptors (Lipinski definition) is 5. The van der Waals surface area contributed by atoms with Gasteiger partial charge in [0.2, 0.25) is 5.91 Å². The first kappa shape index (κ1) is 29.0. The third-order valence-corrected chi connectivity index (χ3v) is 9.31. The predicted molar refractivity (Wildman–Crippen MR) is 160 cm³/mol. The Bertz CT molecular complexity index is 1220. The minimum Gasteiger partial charge on any atom is -0.491 e. The zero-order valence-corrected chi connectivity index (χ0v) is 24.8. The molecule has 3 aliphatic rings. The van der Waals surface area contributed by atoms with Gasteiger partial charge in [-0.1, -0.05) is 49.2 Å². The van der Waals surface area contributed by atoms with Crippen LogP contribution in [-0.4, -0.2) is 62.4 Å². The first-order valence-electron chi connectivity index (χ1n) is 14.8. The molecule has 1 N–H and O–H groups in total. The molecule has 7 heteroatoms. The van der Waals surface area contributed by atoms with Gasteiger partial charge in [-0.15, -0.1) is 0 Å². The maximum absolute atomic E-state index is 12.9. The molecule has 0 aromatic heterocycles. The van der Waals surface area contributed by atoms with Crippen LogP contribution in [0.25, 0.3) is 0 Å². The zero-order chi connectivity index (χ0) is 28.2. The molecular formula is C33H43ClN2O4. The van der Waals surface area contributed by atoms with Crippen molar-refractivity contribution in [2.75, 3.05) is 45.3 Å². The fourth-order valence-corrected chi connectivity index (χ4v) is 6.78. The number of fused-ring (bicyclic) bond motifs is 2. The maximum atomic E-state index is 12.9. The van der Waals surface area contributed by atoms with Gasteiger partial charge in [0.05, 0.1) is 30.9 Å². The van der Waals surface area contributed by atoms with Crippen molar-refractivity contribution in [3.05, 3.63) is 70.3 Å². The molecule has 0 spiro atoms. The monoisotopic (exact) mass is 566 g/mol. The van der Waals surface area contributed by atoms with Crippen molar-refractivity contribution < 1.29 is 19.4 Å². The Morgan fingerprint density at radius 2 is 1.98 bits per heavy atom. The molecule has 6 nitrogen and oxygen atoms in total. The minimum atomic E-state index is -0.875. The Hall–Kier alpha value is -2.54. The van der Waals surface area contributed by atoms with E-state index in [0.29, 0.717) is 25.0 Å². The van der Waals surface area contributed by atoms with Crippen molar-refractivity contribution in [1.82, 2.24) is 4.90 Å². The molecule has 2 bridgehead atoms. The van der Waals surface area contributed by atoms with Crippen molar-refractivity contribution in [1.29, 1.82) is 0 Å². The van der Waals surface area contributed by atoms with E-state index in [1.165, 1.54) is 17.5 Å². The van der Waals surface area contributed by atoms with E-state index in [2.05, 4.69) is 30.0 Å². The first-order valence-corrected chi connectivity index (χ1v) is 15.2. The van der Waals surface area contributed by atoms with Gasteiger partial charge in [0.1, 0.15) is 5.75 Å². The number of halogens is 1. The van der Waals surface area contributed by atoms with Gasteiger partial charge >= 0.3 is 0 Å². The number of aliphatic hydroxyl groups excluding tert-OH is 1. The standard InChI is InChI=1S/C33H43ClN2O4/c1-4-7-22-16-26(34)11-13-27(22)25-20-36-19-24-9-12-28(24)31(39-3)8-5-6-15-35(2)33(38)18-30(37)23-10-14-32(40-21-25)29(36)17-23/h5-6,10-11,13-14,16-17,24-25,28,30-31,37H,4,7-9,12,15,18-21H2,1-3H3/b6-5+. The predicted octanol–water partition coefficient (Wildman–Crippen LogP) is 6.16. The Morgan fingerprint density at radius 3 is 2.73 bits per heavy atom. The fourth-order valence-electron chi connectivity index (χ4n) is 6.58. The maximum Gasteiger partial charge on any atom is 0.225 e. The van der Waals surface area contributed by atoms with E-state index in [0.717, 1.165) is 60.8 Å². The lowest BCUT2D eigenvalue weighted by atomic mass is 9.69. The number of amides is 1. The van der Waals surface area contributed by atoms with Gasteiger partial charge in [-0.25, -0.2) is 0 Å². The number of benzene rings is 2. The summed E-state index contributed by atoms with van der Waals surface area (Å²) in [5, 5.41) is 11.8. The highest BCUT2D eigenvalue weighted by molar-refractivity contribution is 6.30. The number of ether oxygens (including phenoxy) is 2. The molecule has 0 radical (unpaired) electrons. The van der Waals surface area contributed by atoms with E-state index in [9.17, 15) is 9.90 Å². The van der Waals surface area contributed by atoms with E-state index in [1.54, 1.807) is 11.9 Å². The van der Waals surface area contributed by atoms with Gasteiger partial charge in [0.15, 0.2) is 0 Å². The summed E-state index contributed by atoms with van der Waals surface area (Å²) in [6.45, 7) is 5.01. The van der Waals surface area contributed by atoms with Crippen LogP contribution in [0.2, 0.25) is 5.02 Å². The molecular weight excluding hydrogens is 524 g/mol. The molecule has 2 heterocycles. The lowest BCUT2D eigenvalue weighted by molar-refractivity contribution is -0.131. The lowest BCUT2D eigenvalue weighted by Gasteiger charge is -2.44. The normalized spacial score (nSPS) is 28.2. The number of hydrogen-bond donors (Lipinski definition) is 1. The SMILES string of the molecule is CCCc1cc(Cl)ccc1C1COc2ccc3cc2N(C1)CC1CCC1C(OC)C/C=C/CN(C)C(=O)CC3O. The van der Waals surface area contributed by atoms with Crippen LogP contribution < -0.4 is 9.64 Å². The van der Waals surface area contributed by atoms with Crippen LogP contribution >= 0.6 is 11.6 Å². The average Bonchev–Trinajstić information content (AvgIpc) is 3.11. The van der Waals surface area contributed by atoms with Crippen LogP contribution in [0.3, 0.4) is 0 Å². The second-order valence-corrected chi connectivity index (χ2v) is 12.1. The topological polar surface area (TPSA) is 62.2 Å². The van der Waals surface area contributed by atoms with Crippen molar-refractivity contribution in [2.45, 2.75) is 63.6 Å². The van der Waals surface area contributed by atoms with Crippen LogP contribution in [0.15, 0.2) is 48.6 Å². The third-order valence-electron chi connectivity index (χ3n) is 9.07. The van der Waals surface area contributed by atoms with E-state index >= 15 is 0 Å². The highest BCUT2D eigenvalue weighted by Gasteiger charge is 2.39. The quantitative estimate of drug-likeness (QED) is 0.449. The largest absolute Gasteiger partial charge is 0.491 e. The number of rotatable bonds is 4. The molecule has 2 aliphatic heterocycles. The van der Waals surface area contributed by atoms with Crippen molar-refractivity contribution >= 4 is 23.2 Å². The molecule has 40 heavy (non-hydrogen) atoms. The number of likely N-dealkylation sites (N-methyl/N-ethyl adjacent to an activating group) is 1. The van der Waals surface area contributed by atoms with E-state index in [1.807, 2.05) is 37.5 Å². The van der Waals surface area contributed by atoms with Crippen LogP contribution in [0.4, 0.5) is 5.69 Å². The van der Waals surface area contributed by atoms with E-state index in [-0.39, 0.29) is 24.3 Å². The lowest BCUT2D eigenvalue weighted by Crippen LogP contribution is -2.44. The van der Waals surface area contributed by atoms with Crippen LogP contribution in [0.5, 0.6) is 5.75 Å². The molecule has 1 aliphatic carbocycles. The van der Waals surface area contributed by atoms with Crippen LogP contribution in [-0.2, 0) is 16.0 Å². The van der Waals surface area contributed by atoms with E-state index < -0.39 is 6.10 Å². The summed E-state index contributed by atoms with van der Waals surface area (Å²) in [6, 6.07) is 12.2. The summed E-state index contributed by atoms with van der Waals surface area (Å²) >= 11 is 6.40. The highest BCUT2D eigenvalue weighted by Crippen LogP contribution is 2.44. The van der Waals surface area contributed by atoms with Gasteiger partial charge in [0, 0.05) is 44.7 Å². The summed E-state index contributed by atoms with van der Waals surface area (Å²) in [5.74, 6) is 1.92. The van der Waals surface area contributed by atoms with Crippen molar-refractivity contribution in [3.8, 4) is 5.75 Å². The van der Waals surface area contributed by atoms with Crippen molar-refractivity contribution in [2.24, 2.45) is 11.8 Å². The first-order chi connectivity index (χ1) is 19.4. The van der Waals surface area contributed by atoms with Crippen LogP contribution in [0.1, 0.15) is 67.7 Å². The molecule has 1 amide bonds. The van der Waals surface area contributed by atoms with Gasteiger partial charge in [0.25, 0.3) is 0 Å². The van der Waals surface area contributed by atoms with E-state index in [4.69, 9.17) is 21.1 Å². The summed E-state index contributed by atoms with van der Waals surface area (Å²) in [7, 11) is 3.60. The second kappa shape index (κ2) is 13.0. The van der Waals surface area contributed by atoms with Gasteiger partial charge < -0.3 is 24.4 Å². The number of carbonyl (C=O) groups excluding carboxylic acids is 1. The Kier molecular flexibility index (Phi) is 9.39. The van der Waals surface area contributed by atoms with Gasteiger partial charge in [-0.05, 0) is 78.5 Å². The zero-order valence-electron chi connectivity index (χ0n) is 24.0. The minimum absolute atomic E-state index is 0.0448. The number of methoxy groups -OCH3 is 1. The molecule has 5 unspecified atom stereocenters. The summed E-state index contributed by atoms with van der Waals surface area (Å²) < 4.78 is 12.5. The molecule has 5 atom stereocenters. The van der Waals surface area contributed by atoms with Crippen molar-refractivity contribution in [3.63, 3.8) is 0 Å². The molecule has 2 aromatic carbocycles. The molecule has 0 saturated heterocycles. The molecule has 1 saturated carbocycles. The molecule has 2 aromatic rings. The summed E-state index contributed by atoms with van der Waals surface area (Å²) in [4.78, 5) is 17.0. The Labute approximate surface area is 243 Å². The number of aliphatic hydroxyl groups is 1. The summed E-state index contributed by atoms with van der Waals surface area (Å²) in [6.07, 6.45) is 8.70. The number of anilines is 1. The van der Waals surface area contributed by atoms with Gasteiger partial charge in [-0.2, -0.15) is 0 Å².